The van der Waals surface area contributed by atoms with Crippen LogP contribution in [0.1, 0.15) is 25.3 Å². The van der Waals surface area contributed by atoms with Gasteiger partial charge in [0.2, 0.25) is 0 Å². The largest absolute Gasteiger partial charge is 0.389 e. The van der Waals surface area contributed by atoms with Crippen molar-refractivity contribution in [3.05, 3.63) is 23.9 Å². The van der Waals surface area contributed by atoms with E-state index in [9.17, 15) is 0 Å². The molecule has 0 aromatic carbocycles. The van der Waals surface area contributed by atoms with Gasteiger partial charge in [-0.15, -0.1) is 0 Å². The van der Waals surface area contributed by atoms with Crippen LogP contribution < -0.4 is 10.6 Å². The Morgan fingerprint density at radius 3 is 3.00 bits per heavy atom. The van der Waals surface area contributed by atoms with Crippen LogP contribution in [0.4, 0.5) is 5.82 Å². The molecule has 5 heteroatoms. The molecule has 1 aliphatic rings. The summed E-state index contributed by atoms with van der Waals surface area (Å²) in [5.74, 6) is 0.942. The molecular weight excluding hydrogens is 256 g/mol. The standard InChI is InChI=1S/C14H22N4S/c1-3-11-10-17(2)8-5-9-18(11)14-12(13(15)19)6-4-7-16-14/h4,6-7,11H,3,5,8-10H2,1-2H3,(H2,15,19). The van der Waals surface area contributed by atoms with E-state index < -0.39 is 0 Å². The Bertz CT molecular complexity index is 449. The zero-order chi connectivity index (χ0) is 13.8. The van der Waals surface area contributed by atoms with Gasteiger partial charge in [0, 0.05) is 25.3 Å². The number of nitrogens with zero attached hydrogens (tertiary/aromatic N) is 3. The predicted molar refractivity (Wildman–Crippen MR) is 83.7 cm³/mol. The molecule has 4 nitrogen and oxygen atoms in total. The van der Waals surface area contributed by atoms with E-state index in [1.807, 2.05) is 18.3 Å². The highest BCUT2D eigenvalue weighted by Gasteiger charge is 2.25. The normalized spacial score (nSPS) is 21.2. The first-order valence-electron chi connectivity index (χ1n) is 6.83. The molecule has 0 amide bonds. The Hall–Kier alpha value is -1.20. The van der Waals surface area contributed by atoms with E-state index in [-0.39, 0.29) is 0 Å². The number of anilines is 1. The topological polar surface area (TPSA) is 45.4 Å². The number of hydrogen-bond acceptors (Lipinski definition) is 4. The molecule has 2 rings (SSSR count). The van der Waals surface area contributed by atoms with Crippen LogP contribution in [0, 0.1) is 0 Å². The smallest absolute Gasteiger partial charge is 0.139 e. The first kappa shape index (κ1) is 14.2. The van der Waals surface area contributed by atoms with Crippen LogP contribution >= 0.6 is 12.2 Å². The van der Waals surface area contributed by atoms with Gasteiger partial charge in [0.1, 0.15) is 10.8 Å². The zero-order valence-corrected chi connectivity index (χ0v) is 12.5. The van der Waals surface area contributed by atoms with Crippen LogP contribution in [0.2, 0.25) is 0 Å². The summed E-state index contributed by atoms with van der Waals surface area (Å²) < 4.78 is 0. The first-order valence-corrected chi connectivity index (χ1v) is 7.24. The Morgan fingerprint density at radius 2 is 2.32 bits per heavy atom. The van der Waals surface area contributed by atoms with Gasteiger partial charge in [-0.25, -0.2) is 4.98 Å². The number of pyridine rings is 1. The fraction of sp³-hybridized carbons (Fsp3) is 0.571. The Labute approximate surface area is 120 Å². The number of likely N-dealkylation sites (N-methyl/N-ethyl adjacent to an activating group) is 1. The Balaban J connectivity index is 2.35. The minimum atomic E-state index is 0.426. The molecule has 19 heavy (non-hydrogen) atoms. The minimum Gasteiger partial charge on any atom is -0.389 e. The molecule has 2 heterocycles. The highest BCUT2D eigenvalue weighted by Crippen LogP contribution is 2.23. The number of thiocarbonyl (C=S) groups is 1. The minimum absolute atomic E-state index is 0.426. The SMILES string of the molecule is CCC1CN(C)CCCN1c1ncccc1C(N)=S. The molecule has 0 saturated carbocycles. The van der Waals surface area contributed by atoms with Gasteiger partial charge in [0.05, 0.1) is 5.56 Å². The van der Waals surface area contributed by atoms with E-state index in [0.717, 1.165) is 43.9 Å². The fourth-order valence-electron chi connectivity index (χ4n) is 2.69. The number of aromatic nitrogens is 1. The quantitative estimate of drug-likeness (QED) is 0.852. The third-order valence-electron chi connectivity index (χ3n) is 3.70. The maximum atomic E-state index is 5.83. The van der Waals surface area contributed by atoms with Crippen molar-refractivity contribution in [1.82, 2.24) is 9.88 Å². The number of rotatable bonds is 3. The second-order valence-electron chi connectivity index (χ2n) is 5.11. The van der Waals surface area contributed by atoms with Crippen LogP contribution in [0.25, 0.3) is 0 Å². The van der Waals surface area contributed by atoms with Gasteiger partial charge in [-0.2, -0.15) is 0 Å². The molecule has 0 radical (unpaired) electrons. The highest BCUT2D eigenvalue weighted by molar-refractivity contribution is 7.80. The summed E-state index contributed by atoms with van der Waals surface area (Å²) in [5.41, 5.74) is 6.72. The lowest BCUT2D eigenvalue weighted by molar-refractivity contribution is 0.327. The van der Waals surface area contributed by atoms with Gasteiger partial charge in [0.25, 0.3) is 0 Å². The van der Waals surface area contributed by atoms with Gasteiger partial charge in [-0.05, 0) is 38.6 Å². The van der Waals surface area contributed by atoms with Gasteiger partial charge in [-0.1, -0.05) is 19.1 Å². The Morgan fingerprint density at radius 1 is 1.53 bits per heavy atom. The Kier molecular flexibility index (Phi) is 4.71. The summed E-state index contributed by atoms with van der Waals surface area (Å²) in [6.45, 7) is 5.42. The van der Waals surface area contributed by atoms with Crippen molar-refractivity contribution in [3.8, 4) is 0 Å². The lowest BCUT2D eigenvalue weighted by Crippen LogP contribution is -2.41. The second kappa shape index (κ2) is 6.30. The second-order valence-corrected chi connectivity index (χ2v) is 5.55. The van der Waals surface area contributed by atoms with Crippen molar-refractivity contribution in [2.24, 2.45) is 5.73 Å². The van der Waals surface area contributed by atoms with E-state index in [1.165, 1.54) is 0 Å². The van der Waals surface area contributed by atoms with Gasteiger partial charge >= 0.3 is 0 Å². The maximum absolute atomic E-state index is 5.83. The van der Waals surface area contributed by atoms with Crippen LogP contribution in [0.5, 0.6) is 0 Å². The first-order chi connectivity index (χ1) is 9.13. The summed E-state index contributed by atoms with van der Waals surface area (Å²) in [5, 5.41) is 0. The predicted octanol–water partition coefficient (Wildman–Crippen LogP) is 1.64. The molecule has 0 bridgehead atoms. The van der Waals surface area contributed by atoms with Crippen molar-refractivity contribution < 1.29 is 0 Å². The van der Waals surface area contributed by atoms with Crippen molar-refractivity contribution in [3.63, 3.8) is 0 Å². The molecule has 104 valence electrons. The van der Waals surface area contributed by atoms with Gasteiger partial charge in [0.15, 0.2) is 0 Å². The van der Waals surface area contributed by atoms with E-state index in [0.29, 0.717) is 11.0 Å². The van der Waals surface area contributed by atoms with E-state index in [4.69, 9.17) is 18.0 Å². The van der Waals surface area contributed by atoms with E-state index in [1.54, 1.807) is 0 Å². The van der Waals surface area contributed by atoms with Crippen LogP contribution in [-0.2, 0) is 0 Å². The van der Waals surface area contributed by atoms with Crippen molar-refractivity contribution in [1.29, 1.82) is 0 Å². The van der Waals surface area contributed by atoms with Gasteiger partial charge in [-0.3, -0.25) is 0 Å². The molecule has 0 spiro atoms. The van der Waals surface area contributed by atoms with Crippen molar-refractivity contribution >= 4 is 23.0 Å². The summed E-state index contributed by atoms with van der Waals surface area (Å²) in [4.78, 5) is 9.71. The molecule has 1 aromatic rings. The van der Waals surface area contributed by atoms with Crippen LogP contribution in [0.15, 0.2) is 18.3 Å². The van der Waals surface area contributed by atoms with Crippen molar-refractivity contribution in [2.45, 2.75) is 25.8 Å². The summed E-state index contributed by atoms with van der Waals surface area (Å²) in [6.07, 6.45) is 4.05. The molecule has 1 fully saturated rings. The average Bonchev–Trinajstić information content (AvgIpc) is 2.60. The van der Waals surface area contributed by atoms with E-state index >= 15 is 0 Å². The molecule has 1 aromatic heterocycles. The molecule has 1 atom stereocenters. The fourth-order valence-corrected chi connectivity index (χ4v) is 2.85. The summed E-state index contributed by atoms with van der Waals surface area (Å²) >= 11 is 5.15. The van der Waals surface area contributed by atoms with Crippen molar-refractivity contribution in [2.75, 3.05) is 31.6 Å². The van der Waals surface area contributed by atoms with Crippen LogP contribution in [0.3, 0.4) is 0 Å². The number of hydrogen-bond donors (Lipinski definition) is 1. The molecule has 1 unspecified atom stereocenters. The third-order valence-corrected chi connectivity index (χ3v) is 3.92. The maximum Gasteiger partial charge on any atom is 0.139 e. The lowest BCUT2D eigenvalue weighted by atomic mass is 10.1. The summed E-state index contributed by atoms with van der Waals surface area (Å²) in [6, 6.07) is 4.32. The molecule has 0 aliphatic carbocycles. The average molecular weight is 278 g/mol. The monoisotopic (exact) mass is 278 g/mol. The molecule has 1 aliphatic heterocycles. The molecule has 2 N–H and O–H groups in total. The third kappa shape index (κ3) is 3.22. The molecular formula is C14H22N4S. The number of nitrogens with two attached hydrogens (primary N) is 1. The van der Waals surface area contributed by atoms with E-state index in [2.05, 4.69) is 28.8 Å². The van der Waals surface area contributed by atoms with Crippen LogP contribution in [-0.4, -0.2) is 47.6 Å². The highest BCUT2D eigenvalue weighted by atomic mass is 32.1. The summed E-state index contributed by atoms with van der Waals surface area (Å²) in [7, 11) is 2.18. The van der Waals surface area contributed by atoms with Gasteiger partial charge < -0.3 is 15.5 Å². The molecule has 1 saturated heterocycles. The lowest BCUT2D eigenvalue weighted by Gasteiger charge is -2.32. The zero-order valence-electron chi connectivity index (χ0n) is 11.7.